The van der Waals surface area contributed by atoms with Crippen molar-refractivity contribution in [3.8, 4) is 0 Å². The number of nitrogens with one attached hydrogen (secondary N) is 1. The van der Waals surface area contributed by atoms with Crippen LogP contribution in [0.1, 0.15) is 18.0 Å². The molecule has 1 atom stereocenters. The summed E-state index contributed by atoms with van der Waals surface area (Å²) in [6, 6.07) is -1.80. The number of urea groups is 1. The van der Waals surface area contributed by atoms with Gasteiger partial charge in [-0.1, -0.05) is 12.1 Å². The molecule has 5 nitrogen and oxygen atoms in total. The zero-order valence-electron chi connectivity index (χ0n) is 11.8. The van der Waals surface area contributed by atoms with Crippen LogP contribution < -0.4 is 5.32 Å². The van der Waals surface area contributed by atoms with E-state index in [9.17, 15) is 31.5 Å². The van der Waals surface area contributed by atoms with Gasteiger partial charge in [0.2, 0.25) is 0 Å². The molecule has 1 aromatic carbocycles. The number of nitrogens with zero attached hydrogens (tertiary/aromatic N) is 1. The second-order valence-electron chi connectivity index (χ2n) is 4.63. The first-order valence-corrected chi connectivity index (χ1v) is 6.28. The van der Waals surface area contributed by atoms with E-state index >= 15 is 0 Å². The number of rotatable bonds is 5. The van der Waals surface area contributed by atoms with E-state index in [1.165, 1.54) is 5.32 Å². The molecule has 1 rings (SSSR count). The van der Waals surface area contributed by atoms with E-state index in [0.717, 1.165) is 13.1 Å². The second kappa shape index (κ2) is 7.25. The van der Waals surface area contributed by atoms with Gasteiger partial charge in [0.05, 0.1) is 6.42 Å². The smallest absolute Gasteiger partial charge is 0.413 e. The van der Waals surface area contributed by atoms with Gasteiger partial charge < -0.3 is 15.3 Å². The molecular formula is C13H13F5N2O3. The molecule has 0 aliphatic heterocycles. The molecule has 0 aliphatic rings. The van der Waals surface area contributed by atoms with Crippen molar-refractivity contribution in [1.82, 2.24) is 10.2 Å². The number of halogens is 5. The van der Waals surface area contributed by atoms with E-state index < -0.39 is 47.8 Å². The summed E-state index contributed by atoms with van der Waals surface area (Å²) < 4.78 is 65.8. The zero-order valence-corrected chi connectivity index (χ0v) is 11.8. The molecular weight excluding hydrogens is 327 g/mol. The normalized spacial score (nSPS) is 12.6. The van der Waals surface area contributed by atoms with E-state index in [1.54, 1.807) is 0 Å². The Kier molecular flexibility index (Phi) is 5.88. The minimum Gasteiger partial charge on any atom is -0.481 e. The molecule has 10 heteroatoms. The minimum atomic E-state index is -5.07. The molecule has 2 amide bonds. The topological polar surface area (TPSA) is 69.6 Å². The Labute approximate surface area is 127 Å². The quantitative estimate of drug-likeness (QED) is 0.810. The lowest BCUT2D eigenvalue weighted by atomic mass is 10.1. The van der Waals surface area contributed by atoms with Crippen LogP contribution in [0.5, 0.6) is 0 Å². The highest BCUT2D eigenvalue weighted by atomic mass is 19.4. The number of amides is 2. The first-order chi connectivity index (χ1) is 10.5. The van der Waals surface area contributed by atoms with Crippen LogP contribution in [0.15, 0.2) is 18.2 Å². The fraction of sp³-hybridized carbons (Fsp3) is 0.385. The lowest BCUT2D eigenvalue weighted by Gasteiger charge is -2.25. The molecule has 0 bridgehead atoms. The molecule has 23 heavy (non-hydrogen) atoms. The van der Waals surface area contributed by atoms with E-state index in [2.05, 4.69) is 0 Å². The molecule has 0 saturated heterocycles. The number of carbonyl (C=O) groups is 2. The third kappa shape index (κ3) is 5.08. The van der Waals surface area contributed by atoms with E-state index in [4.69, 9.17) is 5.11 Å². The van der Waals surface area contributed by atoms with E-state index in [-0.39, 0.29) is 6.54 Å². The number of carboxylic acids is 1. The molecule has 0 aliphatic carbocycles. The molecule has 0 fully saturated rings. The highest BCUT2D eigenvalue weighted by molar-refractivity contribution is 5.75. The molecule has 2 N–H and O–H groups in total. The highest BCUT2D eigenvalue weighted by Gasteiger charge is 2.44. The van der Waals surface area contributed by atoms with Crippen LogP contribution in [0.3, 0.4) is 0 Å². The predicted molar refractivity (Wildman–Crippen MR) is 68.6 cm³/mol. The van der Waals surface area contributed by atoms with Crippen molar-refractivity contribution >= 4 is 12.0 Å². The van der Waals surface area contributed by atoms with Gasteiger partial charge in [0.15, 0.2) is 17.7 Å². The Morgan fingerprint density at radius 1 is 1.30 bits per heavy atom. The van der Waals surface area contributed by atoms with Crippen molar-refractivity contribution in [2.24, 2.45) is 0 Å². The summed E-state index contributed by atoms with van der Waals surface area (Å²) in [5.74, 6) is -4.44. The number of carbonyl (C=O) groups excluding carboxylic acids is 1. The first-order valence-electron chi connectivity index (χ1n) is 6.28. The van der Waals surface area contributed by atoms with Gasteiger partial charge in [0.1, 0.15) is 0 Å². The van der Waals surface area contributed by atoms with Crippen LogP contribution in [-0.4, -0.2) is 41.8 Å². The Morgan fingerprint density at radius 3 is 2.43 bits per heavy atom. The molecule has 128 valence electrons. The zero-order chi connectivity index (χ0) is 17.8. The number of alkyl halides is 3. The molecule has 0 radical (unpaired) electrons. The van der Waals surface area contributed by atoms with Gasteiger partial charge in [-0.05, 0) is 6.07 Å². The minimum absolute atomic E-state index is 0.350. The Morgan fingerprint density at radius 2 is 1.91 bits per heavy atom. The van der Waals surface area contributed by atoms with Gasteiger partial charge in [0, 0.05) is 19.2 Å². The fourth-order valence-electron chi connectivity index (χ4n) is 1.68. The number of hydrogen-bond donors (Lipinski definition) is 2. The van der Waals surface area contributed by atoms with Crippen LogP contribution >= 0.6 is 0 Å². The summed E-state index contributed by atoms with van der Waals surface area (Å²) in [7, 11) is 1.08. The number of aliphatic carboxylic acids is 1. The maximum Gasteiger partial charge on any atom is 0.413 e. The van der Waals surface area contributed by atoms with Crippen LogP contribution in [0, 0.1) is 11.6 Å². The predicted octanol–water partition coefficient (Wildman–Crippen LogP) is 2.68. The molecule has 0 heterocycles. The average molecular weight is 340 g/mol. The lowest BCUT2D eigenvalue weighted by Crippen LogP contribution is -2.45. The lowest BCUT2D eigenvalue weighted by molar-refractivity contribution is -0.156. The summed E-state index contributed by atoms with van der Waals surface area (Å²) in [4.78, 5) is 22.8. The number of hydrogen-bond acceptors (Lipinski definition) is 2. The standard InChI is InChI=1S/C13H13F5N2O3/c1-20(6-5-9(21)22)12(23)19-11(13(16,17)18)7-3-2-4-8(14)10(7)15/h2-4,11H,5-6H2,1H3,(H,19,23)(H,21,22). The monoisotopic (exact) mass is 340 g/mol. The molecule has 1 unspecified atom stereocenters. The number of benzene rings is 1. The van der Waals surface area contributed by atoms with Gasteiger partial charge in [-0.25, -0.2) is 13.6 Å². The average Bonchev–Trinajstić information content (AvgIpc) is 2.44. The molecule has 0 aromatic heterocycles. The summed E-state index contributed by atoms with van der Waals surface area (Å²) >= 11 is 0. The van der Waals surface area contributed by atoms with Crippen LogP contribution in [0.2, 0.25) is 0 Å². The highest BCUT2D eigenvalue weighted by Crippen LogP contribution is 2.34. The van der Waals surface area contributed by atoms with Crippen LogP contribution in [0.25, 0.3) is 0 Å². The summed E-state index contributed by atoms with van der Waals surface area (Å²) in [6.07, 6.45) is -5.55. The SMILES string of the molecule is CN(CCC(=O)O)C(=O)NC(c1cccc(F)c1F)C(F)(F)F. The first kappa shape index (κ1) is 18.7. The third-order valence-electron chi connectivity index (χ3n) is 2.90. The van der Waals surface area contributed by atoms with Gasteiger partial charge in [-0.15, -0.1) is 0 Å². The van der Waals surface area contributed by atoms with Crippen molar-refractivity contribution in [3.63, 3.8) is 0 Å². The third-order valence-corrected chi connectivity index (χ3v) is 2.90. The Bertz CT molecular complexity index is 591. The van der Waals surface area contributed by atoms with Gasteiger partial charge in [0.25, 0.3) is 0 Å². The number of carboxylic acid groups (broad SMARTS) is 1. The second-order valence-corrected chi connectivity index (χ2v) is 4.63. The van der Waals surface area contributed by atoms with Crippen LogP contribution in [-0.2, 0) is 4.79 Å². The van der Waals surface area contributed by atoms with E-state index in [1.807, 2.05) is 0 Å². The van der Waals surface area contributed by atoms with Crippen molar-refractivity contribution < 1.29 is 36.6 Å². The fourth-order valence-corrected chi connectivity index (χ4v) is 1.68. The molecule has 0 spiro atoms. The maximum absolute atomic E-state index is 13.6. The molecule has 1 aromatic rings. The molecule has 0 saturated carbocycles. The van der Waals surface area contributed by atoms with Crippen LogP contribution in [0.4, 0.5) is 26.7 Å². The van der Waals surface area contributed by atoms with Crippen molar-refractivity contribution in [2.75, 3.05) is 13.6 Å². The Balaban J connectivity index is 2.99. The van der Waals surface area contributed by atoms with Gasteiger partial charge in [-0.2, -0.15) is 13.2 Å². The van der Waals surface area contributed by atoms with Crippen molar-refractivity contribution in [2.45, 2.75) is 18.6 Å². The van der Waals surface area contributed by atoms with Crippen molar-refractivity contribution in [3.05, 3.63) is 35.4 Å². The summed E-state index contributed by atoms with van der Waals surface area (Å²) in [5.41, 5.74) is -1.07. The van der Waals surface area contributed by atoms with Gasteiger partial charge >= 0.3 is 18.2 Å². The van der Waals surface area contributed by atoms with E-state index in [0.29, 0.717) is 17.0 Å². The van der Waals surface area contributed by atoms with Gasteiger partial charge in [-0.3, -0.25) is 4.79 Å². The maximum atomic E-state index is 13.6. The largest absolute Gasteiger partial charge is 0.481 e. The van der Waals surface area contributed by atoms with Crippen molar-refractivity contribution in [1.29, 1.82) is 0 Å². The summed E-state index contributed by atoms with van der Waals surface area (Å²) in [6.45, 7) is -0.350. The Hall–Kier alpha value is -2.39. The summed E-state index contributed by atoms with van der Waals surface area (Å²) in [5, 5.41) is 10.00.